The van der Waals surface area contributed by atoms with Crippen molar-refractivity contribution in [3.8, 4) is 0 Å². The van der Waals surface area contributed by atoms with Crippen molar-refractivity contribution in [1.82, 2.24) is 0 Å². The quantitative estimate of drug-likeness (QED) is 0.661. The summed E-state index contributed by atoms with van der Waals surface area (Å²) < 4.78 is 17.2. The Hall–Kier alpha value is -0.640. The van der Waals surface area contributed by atoms with Crippen LogP contribution in [0.1, 0.15) is 6.92 Å². The standard InChI is InChI=1S/C12H18O3/c1-5-11-9(3)7-14-12(11,6-2)10(13-4)8-15-11/h5-6,9-10H,1-2,7-8H2,3-4H3/t9-,10+,11-,12-/m1/s1. The lowest BCUT2D eigenvalue weighted by Gasteiger charge is -2.37. The van der Waals surface area contributed by atoms with Crippen LogP contribution in [0.3, 0.4) is 0 Å². The van der Waals surface area contributed by atoms with Crippen LogP contribution < -0.4 is 0 Å². The van der Waals surface area contributed by atoms with Crippen molar-refractivity contribution in [2.45, 2.75) is 24.2 Å². The Bertz CT molecular complexity index is 289. The SMILES string of the molecule is C=C[C@]12OC[C@H](OC)[C@@]1(C=C)OC[C@H]2C. The second-order valence-corrected chi connectivity index (χ2v) is 4.24. The highest BCUT2D eigenvalue weighted by Crippen LogP contribution is 2.51. The molecule has 84 valence electrons. The average molecular weight is 210 g/mol. The summed E-state index contributed by atoms with van der Waals surface area (Å²) in [6.45, 7) is 11.0. The van der Waals surface area contributed by atoms with E-state index in [1.54, 1.807) is 13.2 Å². The molecule has 0 bridgehead atoms. The maximum atomic E-state index is 5.88. The summed E-state index contributed by atoms with van der Waals surface area (Å²) in [6, 6.07) is 0. The van der Waals surface area contributed by atoms with Gasteiger partial charge in [0.25, 0.3) is 0 Å². The molecule has 0 spiro atoms. The maximum absolute atomic E-state index is 5.88. The lowest BCUT2D eigenvalue weighted by atomic mass is 9.76. The molecule has 0 radical (unpaired) electrons. The van der Waals surface area contributed by atoms with Crippen molar-refractivity contribution in [3.05, 3.63) is 25.3 Å². The Labute approximate surface area is 90.7 Å². The van der Waals surface area contributed by atoms with Crippen LogP contribution in [-0.4, -0.2) is 37.6 Å². The molecule has 0 unspecified atom stereocenters. The van der Waals surface area contributed by atoms with E-state index in [9.17, 15) is 0 Å². The minimum atomic E-state index is -0.567. The first-order valence-corrected chi connectivity index (χ1v) is 5.24. The van der Waals surface area contributed by atoms with E-state index >= 15 is 0 Å². The van der Waals surface area contributed by atoms with Gasteiger partial charge in [0.2, 0.25) is 0 Å². The first-order valence-electron chi connectivity index (χ1n) is 5.24. The van der Waals surface area contributed by atoms with E-state index in [1.807, 2.05) is 6.08 Å². The molecule has 2 saturated heterocycles. The molecule has 2 aliphatic rings. The Morgan fingerprint density at radius 2 is 1.80 bits per heavy atom. The monoisotopic (exact) mass is 210 g/mol. The maximum Gasteiger partial charge on any atom is 0.147 e. The topological polar surface area (TPSA) is 27.7 Å². The number of hydrogen-bond donors (Lipinski definition) is 0. The van der Waals surface area contributed by atoms with Gasteiger partial charge in [0.05, 0.1) is 13.2 Å². The molecular weight excluding hydrogens is 192 g/mol. The van der Waals surface area contributed by atoms with Gasteiger partial charge >= 0.3 is 0 Å². The molecule has 15 heavy (non-hydrogen) atoms. The third-order valence-corrected chi connectivity index (χ3v) is 3.76. The summed E-state index contributed by atoms with van der Waals surface area (Å²) in [4.78, 5) is 0. The van der Waals surface area contributed by atoms with Gasteiger partial charge in [-0.15, -0.1) is 13.2 Å². The molecule has 2 aliphatic heterocycles. The number of methoxy groups -OCH3 is 1. The van der Waals surface area contributed by atoms with Gasteiger partial charge in [0, 0.05) is 13.0 Å². The Balaban J connectivity index is 2.48. The van der Waals surface area contributed by atoms with Crippen LogP contribution in [-0.2, 0) is 14.2 Å². The first-order chi connectivity index (χ1) is 7.16. The van der Waals surface area contributed by atoms with E-state index in [-0.39, 0.29) is 12.0 Å². The van der Waals surface area contributed by atoms with Crippen molar-refractivity contribution in [2.24, 2.45) is 5.92 Å². The molecule has 0 amide bonds. The van der Waals surface area contributed by atoms with Crippen molar-refractivity contribution < 1.29 is 14.2 Å². The van der Waals surface area contributed by atoms with Crippen molar-refractivity contribution in [1.29, 1.82) is 0 Å². The van der Waals surface area contributed by atoms with Gasteiger partial charge in [-0.05, 0) is 0 Å². The van der Waals surface area contributed by atoms with Crippen LogP contribution >= 0.6 is 0 Å². The zero-order chi connectivity index (χ0) is 11.1. The lowest BCUT2D eigenvalue weighted by Crippen LogP contribution is -2.53. The number of fused-ring (bicyclic) bond motifs is 1. The Kier molecular flexibility index (Phi) is 2.49. The number of rotatable bonds is 3. The van der Waals surface area contributed by atoms with Crippen LogP contribution in [0.4, 0.5) is 0 Å². The minimum absolute atomic E-state index is 0.0991. The summed E-state index contributed by atoms with van der Waals surface area (Å²) in [5.74, 6) is 0.271. The van der Waals surface area contributed by atoms with Gasteiger partial charge in [-0.3, -0.25) is 0 Å². The fourth-order valence-electron chi connectivity index (χ4n) is 2.83. The molecule has 3 heteroatoms. The highest BCUT2D eigenvalue weighted by Gasteiger charge is 2.66. The fourth-order valence-corrected chi connectivity index (χ4v) is 2.83. The van der Waals surface area contributed by atoms with Crippen LogP contribution in [0.2, 0.25) is 0 Å². The van der Waals surface area contributed by atoms with Crippen LogP contribution in [0.5, 0.6) is 0 Å². The van der Waals surface area contributed by atoms with E-state index in [0.29, 0.717) is 13.2 Å². The Morgan fingerprint density at radius 1 is 1.20 bits per heavy atom. The lowest BCUT2D eigenvalue weighted by molar-refractivity contribution is -0.0732. The smallest absolute Gasteiger partial charge is 0.147 e. The van der Waals surface area contributed by atoms with Crippen molar-refractivity contribution in [2.75, 3.05) is 20.3 Å². The van der Waals surface area contributed by atoms with Crippen LogP contribution in [0.15, 0.2) is 25.3 Å². The third kappa shape index (κ3) is 1.06. The van der Waals surface area contributed by atoms with Gasteiger partial charge in [0.1, 0.15) is 17.3 Å². The molecule has 0 aromatic carbocycles. The minimum Gasteiger partial charge on any atom is -0.376 e. The highest BCUT2D eigenvalue weighted by atomic mass is 16.6. The van der Waals surface area contributed by atoms with E-state index < -0.39 is 11.2 Å². The zero-order valence-electron chi connectivity index (χ0n) is 9.36. The van der Waals surface area contributed by atoms with Crippen LogP contribution in [0, 0.1) is 5.92 Å². The largest absolute Gasteiger partial charge is 0.376 e. The van der Waals surface area contributed by atoms with Crippen LogP contribution in [0.25, 0.3) is 0 Å². The number of ether oxygens (including phenoxy) is 3. The Morgan fingerprint density at radius 3 is 2.33 bits per heavy atom. The van der Waals surface area contributed by atoms with Gasteiger partial charge < -0.3 is 14.2 Å². The molecule has 4 atom stereocenters. The van der Waals surface area contributed by atoms with E-state index in [2.05, 4.69) is 20.1 Å². The molecule has 2 fully saturated rings. The second kappa shape index (κ2) is 3.44. The normalized spacial score (nSPS) is 48.9. The van der Waals surface area contributed by atoms with Gasteiger partial charge in [-0.1, -0.05) is 19.1 Å². The number of hydrogen-bond acceptors (Lipinski definition) is 3. The molecule has 2 rings (SSSR count). The predicted octanol–water partition coefficient (Wildman–Crippen LogP) is 1.55. The molecule has 0 aromatic rings. The molecule has 2 heterocycles. The van der Waals surface area contributed by atoms with Crippen molar-refractivity contribution >= 4 is 0 Å². The molecular formula is C12H18O3. The first kappa shape index (κ1) is 10.9. The molecule has 0 aromatic heterocycles. The van der Waals surface area contributed by atoms with Gasteiger partial charge in [-0.25, -0.2) is 0 Å². The van der Waals surface area contributed by atoms with E-state index in [4.69, 9.17) is 14.2 Å². The molecule has 0 saturated carbocycles. The molecule has 0 aliphatic carbocycles. The summed E-state index contributed by atoms with van der Waals surface area (Å²) in [6.07, 6.45) is 3.54. The summed E-state index contributed by atoms with van der Waals surface area (Å²) in [7, 11) is 1.67. The van der Waals surface area contributed by atoms with Crippen molar-refractivity contribution in [3.63, 3.8) is 0 Å². The van der Waals surface area contributed by atoms with Gasteiger partial charge in [-0.2, -0.15) is 0 Å². The van der Waals surface area contributed by atoms with E-state index in [0.717, 1.165) is 0 Å². The molecule has 0 N–H and O–H groups in total. The summed E-state index contributed by atoms with van der Waals surface area (Å²) in [5.41, 5.74) is -1.04. The second-order valence-electron chi connectivity index (χ2n) is 4.24. The zero-order valence-corrected chi connectivity index (χ0v) is 9.36. The summed E-state index contributed by atoms with van der Waals surface area (Å²) >= 11 is 0. The predicted molar refractivity (Wildman–Crippen MR) is 57.7 cm³/mol. The van der Waals surface area contributed by atoms with E-state index in [1.165, 1.54) is 0 Å². The third-order valence-electron chi connectivity index (χ3n) is 3.76. The summed E-state index contributed by atoms with van der Waals surface area (Å²) in [5, 5.41) is 0. The fraction of sp³-hybridized carbons (Fsp3) is 0.667. The highest BCUT2D eigenvalue weighted by molar-refractivity contribution is 5.29. The molecule has 3 nitrogen and oxygen atoms in total. The van der Waals surface area contributed by atoms with Gasteiger partial charge in [0.15, 0.2) is 0 Å². The average Bonchev–Trinajstić information content (AvgIpc) is 2.73.